The van der Waals surface area contributed by atoms with Crippen LogP contribution in [0.4, 0.5) is 5.69 Å². The summed E-state index contributed by atoms with van der Waals surface area (Å²) in [4.78, 5) is 11.3. The number of anilines is 1. The van der Waals surface area contributed by atoms with Crippen LogP contribution in [0.15, 0.2) is 28.2 Å². The molecule has 1 heterocycles. The number of benzene rings is 1. The predicted octanol–water partition coefficient (Wildman–Crippen LogP) is 1.90. The molecule has 0 amide bonds. The van der Waals surface area contributed by atoms with Gasteiger partial charge in [0.15, 0.2) is 11.5 Å². The van der Waals surface area contributed by atoms with Crippen LogP contribution in [0.25, 0.3) is 0 Å². The van der Waals surface area contributed by atoms with Crippen LogP contribution >= 0.6 is 11.6 Å². The van der Waals surface area contributed by atoms with E-state index < -0.39 is 5.56 Å². The van der Waals surface area contributed by atoms with Crippen molar-refractivity contribution in [2.24, 2.45) is 5.10 Å². The maximum atomic E-state index is 11.3. The molecular weight excluding hydrogens is 324 g/mol. The molecule has 1 aromatic heterocycles. The lowest BCUT2D eigenvalue weighted by Crippen LogP contribution is -2.10. The monoisotopic (exact) mass is 338 g/mol. The number of halogens is 1. The molecule has 0 saturated heterocycles. The van der Waals surface area contributed by atoms with Gasteiger partial charge in [0.2, 0.25) is 5.75 Å². The summed E-state index contributed by atoms with van der Waals surface area (Å²) in [5, 5.41) is 9.84. The standard InChI is InChI=1S/C14H15ClN4O4/c1-21-10-4-8(5-11(22-2)13(10)23-3)6-16-18-9-7-17-19-14(20)12(9)15/h4-7H,1-3H3,(H2,18,19,20)/b16-6+. The van der Waals surface area contributed by atoms with E-state index in [-0.39, 0.29) is 5.02 Å². The highest BCUT2D eigenvalue weighted by atomic mass is 35.5. The Balaban J connectivity index is 2.25. The molecule has 2 rings (SSSR count). The number of ether oxygens (including phenoxy) is 3. The minimum absolute atomic E-state index is 0.0259. The Kier molecular flexibility index (Phi) is 5.42. The summed E-state index contributed by atoms with van der Waals surface area (Å²) < 4.78 is 15.8. The van der Waals surface area contributed by atoms with Crippen LogP contribution in [0.3, 0.4) is 0 Å². The van der Waals surface area contributed by atoms with Gasteiger partial charge in [0.05, 0.1) is 33.7 Å². The molecule has 0 aliphatic carbocycles. The molecule has 1 aromatic carbocycles. The van der Waals surface area contributed by atoms with E-state index in [9.17, 15) is 4.79 Å². The van der Waals surface area contributed by atoms with Gasteiger partial charge in [0.1, 0.15) is 10.7 Å². The zero-order chi connectivity index (χ0) is 16.8. The largest absolute Gasteiger partial charge is 0.493 e. The quantitative estimate of drug-likeness (QED) is 0.616. The van der Waals surface area contributed by atoms with E-state index in [1.54, 1.807) is 12.1 Å². The Labute approximate surface area is 137 Å². The molecule has 2 N–H and O–H groups in total. The normalized spacial score (nSPS) is 10.6. The number of nitrogens with one attached hydrogen (secondary N) is 2. The van der Waals surface area contributed by atoms with E-state index in [4.69, 9.17) is 25.8 Å². The van der Waals surface area contributed by atoms with E-state index >= 15 is 0 Å². The topological polar surface area (TPSA) is 97.8 Å². The first kappa shape index (κ1) is 16.6. The van der Waals surface area contributed by atoms with Crippen molar-refractivity contribution < 1.29 is 14.2 Å². The molecule has 8 nitrogen and oxygen atoms in total. The average Bonchev–Trinajstić information content (AvgIpc) is 2.57. The van der Waals surface area contributed by atoms with Crippen LogP contribution in [0.1, 0.15) is 5.56 Å². The summed E-state index contributed by atoms with van der Waals surface area (Å²) >= 11 is 5.83. The second kappa shape index (κ2) is 7.50. The molecule has 0 fully saturated rings. The summed E-state index contributed by atoms with van der Waals surface area (Å²) in [7, 11) is 4.58. The number of nitrogens with zero attached hydrogens (tertiary/aromatic N) is 2. The molecular formula is C14H15ClN4O4. The number of hydrogen-bond donors (Lipinski definition) is 2. The Bertz CT molecular complexity index is 751. The van der Waals surface area contributed by atoms with Crippen molar-refractivity contribution in [3.63, 3.8) is 0 Å². The lowest BCUT2D eigenvalue weighted by Gasteiger charge is -2.12. The third-order valence-corrected chi connectivity index (χ3v) is 3.26. The minimum Gasteiger partial charge on any atom is -0.493 e. The first-order valence-corrected chi connectivity index (χ1v) is 6.80. The Morgan fingerprint density at radius 3 is 2.43 bits per heavy atom. The molecule has 0 aliphatic heterocycles. The van der Waals surface area contributed by atoms with Crippen molar-refractivity contribution in [3.8, 4) is 17.2 Å². The second-order valence-electron chi connectivity index (χ2n) is 4.26. The number of methoxy groups -OCH3 is 3. The van der Waals surface area contributed by atoms with Crippen molar-refractivity contribution in [2.45, 2.75) is 0 Å². The van der Waals surface area contributed by atoms with Gasteiger partial charge in [-0.2, -0.15) is 10.2 Å². The smallest absolute Gasteiger partial charge is 0.285 e. The third-order valence-electron chi connectivity index (χ3n) is 2.88. The average molecular weight is 339 g/mol. The van der Waals surface area contributed by atoms with Crippen molar-refractivity contribution in [2.75, 3.05) is 26.8 Å². The van der Waals surface area contributed by atoms with E-state index in [1.165, 1.54) is 33.7 Å². The number of H-pyrrole nitrogens is 1. The van der Waals surface area contributed by atoms with Gasteiger partial charge < -0.3 is 14.2 Å². The first-order chi connectivity index (χ1) is 11.1. The molecule has 122 valence electrons. The predicted molar refractivity (Wildman–Crippen MR) is 87.2 cm³/mol. The molecule has 0 saturated carbocycles. The number of rotatable bonds is 6. The summed E-state index contributed by atoms with van der Waals surface area (Å²) in [5.74, 6) is 1.50. The molecule has 0 bridgehead atoms. The third kappa shape index (κ3) is 3.72. The highest BCUT2D eigenvalue weighted by Gasteiger charge is 2.12. The molecule has 0 aliphatic rings. The van der Waals surface area contributed by atoms with Crippen LogP contribution in [0.5, 0.6) is 17.2 Å². The van der Waals surface area contributed by atoms with Gasteiger partial charge in [0.25, 0.3) is 5.56 Å². The van der Waals surface area contributed by atoms with Crippen LogP contribution in [-0.4, -0.2) is 37.7 Å². The summed E-state index contributed by atoms with van der Waals surface area (Å²) in [6.45, 7) is 0. The SMILES string of the molecule is COc1cc(/C=N/Nc2cn[nH]c(=O)c2Cl)cc(OC)c1OC. The fourth-order valence-electron chi connectivity index (χ4n) is 1.81. The zero-order valence-corrected chi connectivity index (χ0v) is 13.5. The van der Waals surface area contributed by atoms with Gasteiger partial charge in [0, 0.05) is 5.56 Å². The Hall–Kier alpha value is -2.74. The zero-order valence-electron chi connectivity index (χ0n) is 12.7. The number of hydrogen-bond acceptors (Lipinski definition) is 7. The van der Waals surface area contributed by atoms with Gasteiger partial charge >= 0.3 is 0 Å². The number of aromatic nitrogens is 2. The van der Waals surface area contributed by atoms with Crippen LogP contribution in [-0.2, 0) is 0 Å². The molecule has 23 heavy (non-hydrogen) atoms. The second-order valence-corrected chi connectivity index (χ2v) is 4.63. The molecule has 0 spiro atoms. The van der Waals surface area contributed by atoms with Gasteiger partial charge in [-0.05, 0) is 12.1 Å². The van der Waals surface area contributed by atoms with Crippen LogP contribution in [0, 0.1) is 0 Å². The maximum absolute atomic E-state index is 11.3. The fourth-order valence-corrected chi connectivity index (χ4v) is 1.95. The number of hydrazone groups is 1. The van der Waals surface area contributed by atoms with E-state index in [1.807, 2.05) is 0 Å². The van der Waals surface area contributed by atoms with Gasteiger partial charge in [-0.25, -0.2) is 5.10 Å². The van der Waals surface area contributed by atoms with Gasteiger partial charge in [-0.1, -0.05) is 11.6 Å². The molecule has 0 radical (unpaired) electrons. The highest BCUT2D eigenvalue weighted by molar-refractivity contribution is 6.32. The summed E-state index contributed by atoms with van der Waals surface area (Å²) in [5.41, 5.74) is 3.13. The Morgan fingerprint density at radius 1 is 1.22 bits per heavy atom. The van der Waals surface area contributed by atoms with Crippen LogP contribution in [0.2, 0.25) is 5.02 Å². The van der Waals surface area contributed by atoms with E-state index in [2.05, 4.69) is 20.7 Å². The van der Waals surface area contributed by atoms with Crippen molar-refractivity contribution in [1.82, 2.24) is 10.2 Å². The minimum atomic E-state index is -0.500. The van der Waals surface area contributed by atoms with Gasteiger partial charge in [-0.15, -0.1) is 0 Å². The molecule has 2 aromatic rings. The van der Waals surface area contributed by atoms with E-state index in [0.717, 1.165) is 0 Å². The fraction of sp³-hybridized carbons (Fsp3) is 0.214. The van der Waals surface area contributed by atoms with Crippen molar-refractivity contribution in [3.05, 3.63) is 39.3 Å². The highest BCUT2D eigenvalue weighted by Crippen LogP contribution is 2.37. The lowest BCUT2D eigenvalue weighted by molar-refractivity contribution is 0.324. The summed E-state index contributed by atoms with van der Waals surface area (Å²) in [6, 6.07) is 3.45. The van der Waals surface area contributed by atoms with Crippen LogP contribution < -0.4 is 25.2 Å². The van der Waals surface area contributed by atoms with Crippen molar-refractivity contribution in [1.29, 1.82) is 0 Å². The molecule has 0 atom stereocenters. The Morgan fingerprint density at radius 2 is 1.87 bits per heavy atom. The lowest BCUT2D eigenvalue weighted by atomic mass is 10.2. The van der Waals surface area contributed by atoms with Gasteiger partial charge in [-0.3, -0.25) is 10.2 Å². The molecule has 0 unspecified atom stereocenters. The van der Waals surface area contributed by atoms with E-state index in [0.29, 0.717) is 28.5 Å². The summed E-state index contributed by atoms with van der Waals surface area (Å²) in [6.07, 6.45) is 2.87. The van der Waals surface area contributed by atoms with Crippen molar-refractivity contribution >= 4 is 23.5 Å². The molecule has 9 heteroatoms. The maximum Gasteiger partial charge on any atom is 0.285 e. The first-order valence-electron chi connectivity index (χ1n) is 6.43. The number of aromatic amines is 1.